The zero-order valence-corrected chi connectivity index (χ0v) is 12.8. The number of ether oxygens (including phenoxy) is 1. The molecule has 2 aliphatic heterocycles. The molecule has 2 saturated heterocycles. The second kappa shape index (κ2) is 5.78. The summed E-state index contributed by atoms with van der Waals surface area (Å²) in [6, 6.07) is 4.13. The van der Waals surface area contributed by atoms with Gasteiger partial charge in [-0.05, 0) is 43.9 Å². The van der Waals surface area contributed by atoms with Gasteiger partial charge in [-0.3, -0.25) is 15.0 Å². The Morgan fingerprint density at radius 1 is 1.45 bits per heavy atom. The van der Waals surface area contributed by atoms with Crippen LogP contribution in [0, 0.1) is 12.8 Å². The lowest BCUT2D eigenvalue weighted by Gasteiger charge is -2.33. The highest BCUT2D eigenvalue weighted by Crippen LogP contribution is 2.40. The first-order valence-corrected chi connectivity index (χ1v) is 7.93. The highest BCUT2D eigenvalue weighted by Gasteiger charge is 2.40. The molecule has 0 saturated carbocycles. The Hall–Kier alpha value is -1.79. The van der Waals surface area contributed by atoms with Gasteiger partial charge in [0, 0.05) is 25.5 Å². The van der Waals surface area contributed by atoms with Crippen molar-refractivity contribution in [1.82, 2.24) is 25.1 Å². The predicted molar refractivity (Wildman–Crippen MR) is 81.0 cm³/mol. The number of nitrogens with zero attached hydrogens (tertiary/aromatic N) is 4. The van der Waals surface area contributed by atoms with Gasteiger partial charge < -0.3 is 4.74 Å². The highest BCUT2D eigenvalue weighted by atomic mass is 16.5. The zero-order valence-electron chi connectivity index (χ0n) is 12.8. The van der Waals surface area contributed by atoms with Crippen molar-refractivity contribution in [1.29, 1.82) is 0 Å². The molecule has 1 N–H and O–H groups in total. The molecular weight excluding hydrogens is 278 g/mol. The van der Waals surface area contributed by atoms with Gasteiger partial charge in [-0.25, -0.2) is 4.98 Å². The number of hydrogen-bond acceptors (Lipinski definition) is 5. The first-order valence-electron chi connectivity index (χ1n) is 7.93. The Labute approximate surface area is 129 Å². The summed E-state index contributed by atoms with van der Waals surface area (Å²) in [5.74, 6) is 2.30. The van der Waals surface area contributed by atoms with E-state index in [0.717, 1.165) is 37.7 Å². The normalized spacial score (nSPS) is 28.7. The van der Waals surface area contributed by atoms with Crippen LogP contribution in [-0.4, -0.2) is 44.3 Å². The summed E-state index contributed by atoms with van der Waals surface area (Å²) in [6.45, 7) is 4.98. The smallest absolute Gasteiger partial charge is 0.179 e. The van der Waals surface area contributed by atoms with E-state index < -0.39 is 0 Å². The Kier molecular flexibility index (Phi) is 3.63. The third kappa shape index (κ3) is 2.76. The van der Waals surface area contributed by atoms with E-state index in [4.69, 9.17) is 4.74 Å². The number of nitrogens with one attached hydrogen (secondary N) is 1. The quantitative estimate of drug-likeness (QED) is 0.937. The van der Waals surface area contributed by atoms with Crippen LogP contribution >= 0.6 is 0 Å². The number of H-pyrrole nitrogens is 1. The van der Waals surface area contributed by atoms with Crippen LogP contribution in [0.1, 0.15) is 36.2 Å². The molecule has 22 heavy (non-hydrogen) atoms. The van der Waals surface area contributed by atoms with E-state index in [9.17, 15) is 0 Å². The van der Waals surface area contributed by atoms with E-state index in [-0.39, 0.29) is 6.10 Å². The Balaban J connectivity index is 1.39. The average molecular weight is 299 g/mol. The number of likely N-dealkylation sites (tertiary alicyclic amines) is 1. The molecule has 0 unspecified atom stereocenters. The van der Waals surface area contributed by atoms with Crippen LogP contribution in [0.2, 0.25) is 0 Å². The van der Waals surface area contributed by atoms with E-state index in [1.54, 1.807) is 0 Å². The molecule has 2 fully saturated rings. The van der Waals surface area contributed by atoms with Gasteiger partial charge in [0.15, 0.2) is 5.82 Å². The number of aromatic amines is 1. The number of pyridine rings is 1. The molecule has 0 spiro atoms. The van der Waals surface area contributed by atoms with E-state index in [1.807, 2.05) is 25.4 Å². The van der Waals surface area contributed by atoms with Crippen LogP contribution in [-0.2, 0) is 11.3 Å². The van der Waals surface area contributed by atoms with Crippen molar-refractivity contribution < 1.29 is 4.74 Å². The Bertz CT molecular complexity index is 628. The van der Waals surface area contributed by atoms with E-state index in [2.05, 4.69) is 31.1 Å². The lowest BCUT2D eigenvalue weighted by atomic mass is 9.91. The maximum Gasteiger partial charge on any atom is 0.179 e. The number of piperidine rings is 1. The topological polar surface area (TPSA) is 66.9 Å². The summed E-state index contributed by atoms with van der Waals surface area (Å²) >= 11 is 0. The number of aromatic nitrogens is 4. The molecule has 6 heteroatoms. The summed E-state index contributed by atoms with van der Waals surface area (Å²) in [5, 5.41) is 7.17. The van der Waals surface area contributed by atoms with Crippen LogP contribution in [0.3, 0.4) is 0 Å². The molecule has 3 atom stereocenters. The molecule has 4 rings (SSSR count). The summed E-state index contributed by atoms with van der Waals surface area (Å²) in [6.07, 6.45) is 6.35. The summed E-state index contributed by atoms with van der Waals surface area (Å²) in [7, 11) is 0. The van der Waals surface area contributed by atoms with Crippen LogP contribution in [0.5, 0.6) is 0 Å². The lowest BCUT2D eigenvalue weighted by molar-refractivity contribution is -0.0119. The molecule has 2 aliphatic rings. The number of fused-ring (bicyclic) bond motifs is 1. The molecule has 0 aromatic carbocycles. The number of aryl methyl sites for hydroxylation is 1. The molecule has 4 heterocycles. The lowest BCUT2D eigenvalue weighted by Crippen LogP contribution is -2.41. The number of hydrogen-bond donors (Lipinski definition) is 1. The second-order valence-electron chi connectivity index (χ2n) is 6.32. The highest BCUT2D eigenvalue weighted by molar-refractivity contribution is 5.09. The third-order valence-corrected chi connectivity index (χ3v) is 4.67. The summed E-state index contributed by atoms with van der Waals surface area (Å²) in [4.78, 5) is 11.1. The minimum absolute atomic E-state index is 0.0540. The molecule has 6 nitrogen and oxygen atoms in total. The van der Waals surface area contributed by atoms with Gasteiger partial charge in [-0.15, -0.1) is 0 Å². The fourth-order valence-corrected chi connectivity index (χ4v) is 3.56. The molecule has 0 aliphatic carbocycles. The Morgan fingerprint density at radius 3 is 3.18 bits per heavy atom. The van der Waals surface area contributed by atoms with Crippen molar-refractivity contribution in [2.75, 3.05) is 13.1 Å². The van der Waals surface area contributed by atoms with Crippen molar-refractivity contribution in [2.24, 2.45) is 5.92 Å². The maximum atomic E-state index is 6.23. The minimum Gasteiger partial charge on any atom is -0.365 e. The number of rotatable bonds is 3. The van der Waals surface area contributed by atoms with Crippen LogP contribution in [0.25, 0.3) is 0 Å². The molecule has 116 valence electrons. The summed E-state index contributed by atoms with van der Waals surface area (Å²) < 4.78 is 6.23. The van der Waals surface area contributed by atoms with E-state index in [0.29, 0.717) is 12.0 Å². The predicted octanol–water partition coefficient (Wildman–Crippen LogP) is 1.86. The molecular formula is C16H21N5O. The maximum absolute atomic E-state index is 6.23. The molecule has 0 amide bonds. The van der Waals surface area contributed by atoms with Crippen molar-refractivity contribution in [3.05, 3.63) is 41.7 Å². The van der Waals surface area contributed by atoms with Gasteiger partial charge in [0.05, 0.1) is 6.10 Å². The molecule has 2 aromatic heterocycles. The van der Waals surface area contributed by atoms with Gasteiger partial charge in [0.25, 0.3) is 0 Å². The van der Waals surface area contributed by atoms with Gasteiger partial charge in [-0.1, -0.05) is 6.07 Å². The first-order chi connectivity index (χ1) is 10.8. The van der Waals surface area contributed by atoms with Crippen molar-refractivity contribution in [3.8, 4) is 0 Å². The van der Waals surface area contributed by atoms with Crippen molar-refractivity contribution >= 4 is 0 Å². The second-order valence-corrected chi connectivity index (χ2v) is 6.32. The fourth-order valence-electron chi connectivity index (χ4n) is 3.56. The molecule has 2 aromatic rings. The van der Waals surface area contributed by atoms with Crippen LogP contribution in [0.15, 0.2) is 24.5 Å². The van der Waals surface area contributed by atoms with E-state index in [1.165, 1.54) is 12.0 Å². The van der Waals surface area contributed by atoms with Gasteiger partial charge in [-0.2, -0.15) is 5.10 Å². The van der Waals surface area contributed by atoms with Gasteiger partial charge in [0.2, 0.25) is 0 Å². The molecule has 0 radical (unpaired) electrons. The monoisotopic (exact) mass is 299 g/mol. The van der Waals surface area contributed by atoms with Gasteiger partial charge in [0.1, 0.15) is 11.9 Å². The molecule has 0 bridgehead atoms. The largest absolute Gasteiger partial charge is 0.365 e. The summed E-state index contributed by atoms with van der Waals surface area (Å²) in [5.41, 5.74) is 1.26. The average Bonchev–Trinajstić information content (AvgIpc) is 3.14. The van der Waals surface area contributed by atoms with E-state index >= 15 is 0 Å². The first kappa shape index (κ1) is 13.8. The Morgan fingerprint density at radius 2 is 2.41 bits per heavy atom. The standard InChI is InChI=1S/C16H21N5O/c1-11-18-16(20-19-11)14-7-13-4-6-21(10-15(13)22-14)9-12-3-2-5-17-8-12/h2-3,5,8,13-15H,4,6-7,9-10H2,1H3,(H,18,19,20)/t13-,14+,15-/m0/s1. The van der Waals surface area contributed by atoms with Gasteiger partial charge >= 0.3 is 0 Å². The fraction of sp³-hybridized carbons (Fsp3) is 0.562. The minimum atomic E-state index is 0.0540. The van der Waals surface area contributed by atoms with Crippen molar-refractivity contribution in [3.63, 3.8) is 0 Å². The van der Waals surface area contributed by atoms with Crippen LogP contribution < -0.4 is 0 Å². The third-order valence-electron chi connectivity index (χ3n) is 4.67. The van der Waals surface area contributed by atoms with Crippen molar-refractivity contribution in [2.45, 2.75) is 38.5 Å². The SMILES string of the molecule is Cc1nc([C@H]2C[C@@H]3CCN(Cc4cccnc4)C[C@@H]3O2)n[nH]1. The zero-order chi connectivity index (χ0) is 14.9. The van der Waals surface area contributed by atoms with Crippen LogP contribution in [0.4, 0.5) is 0 Å².